The van der Waals surface area contributed by atoms with Crippen LogP contribution in [0, 0.1) is 0 Å². The Bertz CT molecular complexity index is 417. The Morgan fingerprint density at radius 1 is 1.32 bits per heavy atom. The summed E-state index contributed by atoms with van der Waals surface area (Å²) in [4.78, 5) is 0. The van der Waals surface area contributed by atoms with E-state index in [2.05, 4.69) is 32.9 Å². The minimum Gasteiger partial charge on any atom is -0.398 e. The quantitative estimate of drug-likeness (QED) is 0.847. The van der Waals surface area contributed by atoms with Crippen LogP contribution in [-0.2, 0) is 21.5 Å². The van der Waals surface area contributed by atoms with Crippen molar-refractivity contribution in [2.24, 2.45) is 0 Å². The van der Waals surface area contributed by atoms with Gasteiger partial charge in [-0.25, -0.2) is 0 Å². The van der Waals surface area contributed by atoms with Crippen molar-refractivity contribution in [1.29, 1.82) is 0 Å². The zero-order valence-electron chi connectivity index (χ0n) is 12.2. The molecule has 0 spiro atoms. The highest BCUT2D eigenvalue weighted by atomic mass is 16.7. The maximum Gasteiger partial charge on any atom is 0.158 e. The third-order valence-electron chi connectivity index (χ3n) is 3.50. The topological polar surface area (TPSA) is 44.5 Å². The minimum atomic E-state index is -0.0442. The predicted molar refractivity (Wildman–Crippen MR) is 77.9 cm³/mol. The molecule has 1 saturated heterocycles. The van der Waals surface area contributed by atoms with Gasteiger partial charge in [0, 0.05) is 12.3 Å². The molecule has 0 aromatic heterocycles. The molecule has 1 aliphatic rings. The SMILES string of the molecule is CC(C)(C)c1ccc(COC2CCCCO2)cc1N. The molecule has 0 bridgehead atoms. The Morgan fingerprint density at radius 3 is 2.68 bits per heavy atom. The third-order valence-corrected chi connectivity index (χ3v) is 3.50. The van der Waals surface area contributed by atoms with Gasteiger partial charge in [-0.05, 0) is 41.9 Å². The van der Waals surface area contributed by atoms with Crippen LogP contribution < -0.4 is 5.73 Å². The van der Waals surface area contributed by atoms with Crippen LogP contribution >= 0.6 is 0 Å². The molecule has 106 valence electrons. The standard InChI is InChI=1S/C16H25NO2/c1-16(2,3)13-8-7-12(10-14(13)17)11-19-15-6-4-5-9-18-15/h7-8,10,15H,4-6,9,11,17H2,1-3H3. The lowest BCUT2D eigenvalue weighted by molar-refractivity contribution is -0.168. The van der Waals surface area contributed by atoms with E-state index < -0.39 is 0 Å². The molecule has 1 aliphatic heterocycles. The summed E-state index contributed by atoms with van der Waals surface area (Å²) < 4.78 is 11.3. The van der Waals surface area contributed by atoms with E-state index in [9.17, 15) is 0 Å². The maximum absolute atomic E-state index is 6.13. The van der Waals surface area contributed by atoms with Gasteiger partial charge >= 0.3 is 0 Å². The molecule has 1 aromatic carbocycles. The third kappa shape index (κ3) is 3.95. The van der Waals surface area contributed by atoms with Crippen LogP contribution in [0.3, 0.4) is 0 Å². The summed E-state index contributed by atoms with van der Waals surface area (Å²) in [5, 5.41) is 0. The first-order chi connectivity index (χ1) is 8.97. The molecule has 0 amide bonds. The minimum absolute atomic E-state index is 0.0442. The fraction of sp³-hybridized carbons (Fsp3) is 0.625. The van der Waals surface area contributed by atoms with E-state index in [1.165, 1.54) is 12.0 Å². The molecule has 2 N–H and O–H groups in total. The lowest BCUT2D eigenvalue weighted by atomic mass is 9.85. The molecule has 1 aromatic rings. The molecule has 3 nitrogen and oxygen atoms in total. The second-order valence-electron chi connectivity index (χ2n) is 6.28. The van der Waals surface area contributed by atoms with Crippen LogP contribution in [0.5, 0.6) is 0 Å². The van der Waals surface area contributed by atoms with Gasteiger partial charge < -0.3 is 15.2 Å². The average molecular weight is 263 g/mol. The van der Waals surface area contributed by atoms with Crippen LogP contribution in [0.4, 0.5) is 5.69 Å². The molecule has 3 heteroatoms. The fourth-order valence-corrected chi connectivity index (χ4v) is 2.42. The first-order valence-corrected chi connectivity index (χ1v) is 7.09. The Morgan fingerprint density at radius 2 is 2.11 bits per heavy atom. The summed E-state index contributed by atoms with van der Waals surface area (Å²) in [6, 6.07) is 6.22. The number of hydrogen-bond acceptors (Lipinski definition) is 3. The molecular formula is C16H25NO2. The first kappa shape index (κ1) is 14.4. The summed E-state index contributed by atoms with van der Waals surface area (Å²) >= 11 is 0. The van der Waals surface area contributed by atoms with Crippen molar-refractivity contribution in [2.45, 2.75) is 58.3 Å². The Hall–Kier alpha value is -1.06. The Kier molecular flexibility index (Phi) is 4.48. The highest BCUT2D eigenvalue weighted by molar-refractivity contribution is 5.52. The van der Waals surface area contributed by atoms with Gasteiger partial charge in [0.1, 0.15) is 0 Å². The number of ether oxygens (including phenoxy) is 2. The highest BCUT2D eigenvalue weighted by Gasteiger charge is 2.18. The van der Waals surface area contributed by atoms with Crippen molar-refractivity contribution >= 4 is 5.69 Å². The van der Waals surface area contributed by atoms with Crippen molar-refractivity contribution < 1.29 is 9.47 Å². The molecule has 0 aliphatic carbocycles. The van der Waals surface area contributed by atoms with Gasteiger partial charge in [-0.3, -0.25) is 0 Å². The number of benzene rings is 1. The van der Waals surface area contributed by atoms with E-state index >= 15 is 0 Å². The second-order valence-corrected chi connectivity index (χ2v) is 6.28. The van der Waals surface area contributed by atoms with Gasteiger partial charge in [-0.1, -0.05) is 32.9 Å². The van der Waals surface area contributed by atoms with E-state index in [0.29, 0.717) is 6.61 Å². The van der Waals surface area contributed by atoms with Gasteiger partial charge in [0.15, 0.2) is 6.29 Å². The van der Waals surface area contributed by atoms with Crippen LogP contribution in [0.2, 0.25) is 0 Å². The van der Waals surface area contributed by atoms with Crippen molar-refractivity contribution in [2.75, 3.05) is 12.3 Å². The summed E-state index contributed by atoms with van der Waals surface area (Å²) in [6.45, 7) is 7.90. The number of hydrogen-bond donors (Lipinski definition) is 1. The zero-order valence-corrected chi connectivity index (χ0v) is 12.2. The molecule has 2 rings (SSSR count). The van der Waals surface area contributed by atoms with E-state index in [-0.39, 0.29) is 11.7 Å². The second kappa shape index (κ2) is 5.93. The molecule has 1 fully saturated rings. The van der Waals surface area contributed by atoms with Crippen molar-refractivity contribution in [3.8, 4) is 0 Å². The van der Waals surface area contributed by atoms with Crippen molar-refractivity contribution in [3.63, 3.8) is 0 Å². The Balaban J connectivity index is 1.96. The van der Waals surface area contributed by atoms with Gasteiger partial charge in [-0.2, -0.15) is 0 Å². The largest absolute Gasteiger partial charge is 0.398 e. The van der Waals surface area contributed by atoms with Crippen LogP contribution in [0.1, 0.15) is 51.2 Å². The molecule has 0 saturated carbocycles. The van der Waals surface area contributed by atoms with Crippen molar-refractivity contribution in [3.05, 3.63) is 29.3 Å². The number of nitrogens with two attached hydrogens (primary N) is 1. The monoisotopic (exact) mass is 263 g/mol. The summed E-state index contributed by atoms with van der Waals surface area (Å²) in [6.07, 6.45) is 3.29. The number of nitrogen functional groups attached to an aromatic ring is 1. The smallest absolute Gasteiger partial charge is 0.158 e. The predicted octanol–water partition coefficient (Wildman–Crippen LogP) is 3.61. The maximum atomic E-state index is 6.13. The van der Waals surface area contributed by atoms with Gasteiger partial charge in [0.05, 0.1) is 6.61 Å². The number of rotatable bonds is 3. The first-order valence-electron chi connectivity index (χ1n) is 7.09. The van der Waals surface area contributed by atoms with E-state index in [1.807, 2.05) is 6.07 Å². The van der Waals surface area contributed by atoms with Gasteiger partial charge in [0.2, 0.25) is 0 Å². The normalized spacial score (nSPS) is 20.5. The summed E-state index contributed by atoms with van der Waals surface area (Å²) in [5.41, 5.74) is 9.35. The molecule has 1 heterocycles. The zero-order chi connectivity index (χ0) is 13.9. The molecular weight excluding hydrogens is 238 g/mol. The van der Waals surface area contributed by atoms with E-state index in [4.69, 9.17) is 15.2 Å². The summed E-state index contributed by atoms with van der Waals surface area (Å²) in [5.74, 6) is 0. The lowest BCUT2D eigenvalue weighted by Crippen LogP contribution is -2.22. The van der Waals surface area contributed by atoms with E-state index in [1.54, 1.807) is 0 Å². The van der Waals surface area contributed by atoms with Crippen LogP contribution in [-0.4, -0.2) is 12.9 Å². The molecule has 1 atom stereocenters. The lowest BCUT2D eigenvalue weighted by Gasteiger charge is -2.24. The van der Waals surface area contributed by atoms with Crippen LogP contribution in [0.15, 0.2) is 18.2 Å². The fourth-order valence-electron chi connectivity index (χ4n) is 2.42. The van der Waals surface area contributed by atoms with Crippen LogP contribution in [0.25, 0.3) is 0 Å². The molecule has 0 radical (unpaired) electrons. The Labute approximate surface area is 116 Å². The van der Waals surface area contributed by atoms with Gasteiger partial charge in [0.25, 0.3) is 0 Å². The van der Waals surface area contributed by atoms with Crippen molar-refractivity contribution in [1.82, 2.24) is 0 Å². The van der Waals surface area contributed by atoms with Gasteiger partial charge in [-0.15, -0.1) is 0 Å². The average Bonchev–Trinajstić information content (AvgIpc) is 2.36. The molecule has 1 unspecified atom stereocenters. The highest BCUT2D eigenvalue weighted by Crippen LogP contribution is 2.28. The van der Waals surface area contributed by atoms with E-state index in [0.717, 1.165) is 30.7 Å². The number of anilines is 1. The summed E-state index contributed by atoms with van der Waals surface area (Å²) in [7, 11) is 0. The molecule has 19 heavy (non-hydrogen) atoms.